The maximum absolute atomic E-state index is 13.4. The number of halogens is 1. The Balaban J connectivity index is 2.50. The summed E-state index contributed by atoms with van der Waals surface area (Å²) in [5.41, 5.74) is 2.97. The average molecular weight is 222 g/mol. The number of nitrogens with two attached hydrogens (primary N) is 1. The lowest BCUT2D eigenvalue weighted by molar-refractivity contribution is 0.353. The molecule has 1 heterocycles. The molecule has 1 atom stereocenters. The van der Waals surface area contributed by atoms with E-state index in [0.29, 0.717) is 11.3 Å². The predicted octanol–water partition coefficient (Wildman–Crippen LogP) is 2.73. The molecule has 86 valence electrons. The Morgan fingerprint density at radius 2 is 2.12 bits per heavy atom. The van der Waals surface area contributed by atoms with Crippen LogP contribution < -0.4 is 11.3 Å². The number of rotatable bonds is 3. The van der Waals surface area contributed by atoms with E-state index in [1.165, 1.54) is 6.07 Å². The number of benzene rings is 1. The molecule has 0 amide bonds. The van der Waals surface area contributed by atoms with Gasteiger partial charge in [0, 0.05) is 5.39 Å². The van der Waals surface area contributed by atoms with Crippen molar-refractivity contribution >= 4 is 11.0 Å². The Labute approximate surface area is 93.4 Å². The molecule has 0 aliphatic heterocycles. The van der Waals surface area contributed by atoms with E-state index in [0.717, 1.165) is 5.39 Å². The van der Waals surface area contributed by atoms with Crippen LogP contribution in [0.3, 0.4) is 0 Å². The fourth-order valence-corrected chi connectivity index (χ4v) is 1.80. The highest BCUT2D eigenvalue weighted by Gasteiger charge is 2.19. The van der Waals surface area contributed by atoms with Crippen molar-refractivity contribution < 1.29 is 8.81 Å². The van der Waals surface area contributed by atoms with Crippen molar-refractivity contribution in [3.63, 3.8) is 0 Å². The first-order valence-electron chi connectivity index (χ1n) is 5.27. The third kappa shape index (κ3) is 1.81. The minimum atomic E-state index is -0.344. The van der Waals surface area contributed by atoms with E-state index in [2.05, 4.69) is 5.43 Å². The van der Waals surface area contributed by atoms with Gasteiger partial charge in [0.25, 0.3) is 0 Å². The van der Waals surface area contributed by atoms with Gasteiger partial charge in [-0.05, 0) is 18.1 Å². The minimum absolute atomic E-state index is 0.105. The van der Waals surface area contributed by atoms with Gasteiger partial charge in [0.05, 0.1) is 6.04 Å². The highest BCUT2D eigenvalue weighted by atomic mass is 19.1. The Morgan fingerprint density at radius 3 is 2.69 bits per heavy atom. The standard InChI is InChI=1S/C12H15FN2O/c1-7(2)11(15-14)10-6-8-4-3-5-9(13)12(8)16-10/h3-7,11,15H,14H2,1-2H3. The lowest BCUT2D eigenvalue weighted by Crippen LogP contribution is -2.31. The highest BCUT2D eigenvalue weighted by Crippen LogP contribution is 2.28. The van der Waals surface area contributed by atoms with E-state index in [1.807, 2.05) is 26.0 Å². The monoisotopic (exact) mass is 222 g/mol. The zero-order valence-corrected chi connectivity index (χ0v) is 9.33. The SMILES string of the molecule is CC(C)C(NN)c1cc2cccc(F)c2o1. The van der Waals surface area contributed by atoms with E-state index in [4.69, 9.17) is 10.3 Å². The third-order valence-electron chi connectivity index (χ3n) is 2.67. The average Bonchev–Trinajstić information content (AvgIpc) is 2.63. The molecule has 1 unspecified atom stereocenters. The first kappa shape index (κ1) is 11.1. The molecule has 1 aromatic heterocycles. The summed E-state index contributed by atoms with van der Waals surface area (Å²) in [6, 6.07) is 6.59. The normalized spacial score (nSPS) is 13.6. The number of fused-ring (bicyclic) bond motifs is 1. The lowest BCUT2D eigenvalue weighted by atomic mass is 10.0. The second-order valence-corrected chi connectivity index (χ2v) is 4.20. The predicted molar refractivity (Wildman–Crippen MR) is 61.1 cm³/mol. The first-order valence-corrected chi connectivity index (χ1v) is 5.27. The van der Waals surface area contributed by atoms with Crippen LogP contribution >= 0.6 is 0 Å². The molecule has 3 N–H and O–H groups in total. The molecule has 0 fully saturated rings. The molecule has 0 bridgehead atoms. The molecule has 4 heteroatoms. The summed E-state index contributed by atoms with van der Waals surface area (Å²) in [7, 11) is 0. The molecule has 0 aliphatic carbocycles. The fourth-order valence-electron chi connectivity index (χ4n) is 1.80. The van der Waals surface area contributed by atoms with Gasteiger partial charge in [0.15, 0.2) is 11.4 Å². The third-order valence-corrected chi connectivity index (χ3v) is 2.67. The van der Waals surface area contributed by atoms with Crippen LogP contribution in [0.5, 0.6) is 0 Å². The van der Waals surface area contributed by atoms with Gasteiger partial charge in [-0.2, -0.15) is 0 Å². The van der Waals surface area contributed by atoms with Crippen molar-refractivity contribution in [2.75, 3.05) is 0 Å². The topological polar surface area (TPSA) is 51.2 Å². The van der Waals surface area contributed by atoms with Crippen molar-refractivity contribution in [1.29, 1.82) is 0 Å². The minimum Gasteiger partial charge on any atom is -0.456 e. The zero-order valence-electron chi connectivity index (χ0n) is 9.33. The summed E-state index contributed by atoms with van der Waals surface area (Å²) in [5, 5.41) is 0.760. The number of hydrogen-bond acceptors (Lipinski definition) is 3. The summed E-state index contributed by atoms with van der Waals surface area (Å²) in [5.74, 6) is 6.05. The summed E-state index contributed by atoms with van der Waals surface area (Å²) >= 11 is 0. The van der Waals surface area contributed by atoms with Crippen molar-refractivity contribution in [3.05, 3.63) is 35.8 Å². The number of nitrogens with one attached hydrogen (secondary N) is 1. The van der Waals surface area contributed by atoms with E-state index in [-0.39, 0.29) is 17.8 Å². The van der Waals surface area contributed by atoms with Gasteiger partial charge in [-0.1, -0.05) is 26.0 Å². The van der Waals surface area contributed by atoms with Crippen LogP contribution in [-0.4, -0.2) is 0 Å². The van der Waals surface area contributed by atoms with Crippen LogP contribution in [0.1, 0.15) is 25.6 Å². The van der Waals surface area contributed by atoms with Crippen molar-refractivity contribution in [2.45, 2.75) is 19.9 Å². The van der Waals surface area contributed by atoms with Crippen LogP contribution in [0, 0.1) is 11.7 Å². The smallest absolute Gasteiger partial charge is 0.169 e. The van der Waals surface area contributed by atoms with E-state index in [9.17, 15) is 4.39 Å². The van der Waals surface area contributed by atoms with Gasteiger partial charge in [0.1, 0.15) is 5.76 Å². The summed E-state index contributed by atoms with van der Waals surface area (Å²) in [6.07, 6.45) is 0. The Hall–Kier alpha value is -1.39. The van der Waals surface area contributed by atoms with Crippen molar-refractivity contribution in [2.24, 2.45) is 11.8 Å². The molecule has 1 aromatic carbocycles. The summed E-state index contributed by atoms with van der Waals surface area (Å²) in [6.45, 7) is 4.04. The lowest BCUT2D eigenvalue weighted by Gasteiger charge is -2.16. The van der Waals surface area contributed by atoms with Gasteiger partial charge in [-0.3, -0.25) is 5.84 Å². The van der Waals surface area contributed by atoms with Gasteiger partial charge in [-0.15, -0.1) is 0 Å². The fraction of sp³-hybridized carbons (Fsp3) is 0.333. The molecule has 0 saturated heterocycles. The maximum atomic E-state index is 13.4. The zero-order chi connectivity index (χ0) is 11.7. The molecule has 0 radical (unpaired) electrons. The first-order chi connectivity index (χ1) is 7.63. The molecule has 16 heavy (non-hydrogen) atoms. The van der Waals surface area contributed by atoms with Gasteiger partial charge >= 0.3 is 0 Å². The number of hydrogen-bond donors (Lipinski definition) is 2. The molecule has 2 rings (SSSR count). The van der Waals surface area contributed by atoms with Gasteiger partial charge in [0.2, 0.25) is 0 Å². The van der Waals surface area contributed by atoms with Crippen LogP contribution in [-0.2, 0) is 0 Å². The van der Waals surface area contributed by atoms with Crippen molar-refractivity contribution in [3.8, 4) is 0 Å². The van der Waals surface area contributed by atoms with Gasteiger partial charge in [-0.25, -0.2) is 9.82 Å². The van der Waals surface area contributed by atoms with Crippen LogP contribution in [0.15, 0.2) is 28.7 Å². The van der Waals surface area contributed by atoms with Gasteiger partial charge < -0.3 is 4.42 Å². The molecule has 2 aromatic rings. The summed E-state index contributed by atoms with van der Waals surface area (Å²) in [4.78, 5) is 0. The quantitative estimate of drug-likeness (QED) is 0.620. The maximum Gasteiger partial charge on any atom is 0.169 e. The molecular weight excluding hydrogens is 207 g/mol. The number of para-hydroxylation sites is 1. The van der Waals surface area contributed by atoms with Crippen LogP contribution in [0.4, 0.5) is 4.39 Å². The van der Waals surface area contributed by atoms with Crippen LogP contribution in [0.25, 0.3) is 11.0 Å². The highest BCUT2D eigenvalue weighted by molar-refractivity contribution is 5.78. The molecule has 0 saturated carbocycles. The second kappa shape index (κ2) is 4.23. The van der Waals surface area contributed by atoms with E-state index >= 15 is 0 Å². The molecular formula is C12H15FN2O. The second-order valence-electron chi connectivity index (χ2n) is 4.20. The van der Waals surface area contributed by atoms with Crippen LogP contribution in [0.2, 0.25) is 0 Å². The summed E-state index contributed by atoms with van der Waals surface area (Å²) < 4.78 is 18.9. The van der Waals surface area contributed by atoms with Crippen molar-refractivity contribution in [1.82, 2.24) is 5.43 Å². The van der Waals surface area contributed by atoms with E-state index in [1.54, 1.807) is 6.07 Å². The Kier molecular flexibility index (Phi) is 2.94. The Morgan fingerprint density at radius 1 is 1.38 bits per heavy atom. The molecule has 0 spiro atoms. The van der Waals surface area contributed by atoms with E-state index < -0.39 is 0 Å². The largest absolute Gasteiger partial charge is 0.456 e. The Bertz CT molecular complexity index is 493. The number of furan rings is 1. The molecule has 0 aliphatic rings. The molecule has 3 nitrogen and oxygen atoms in total. The number of hydrazine groups is 1.